The molecular formula is C18H31N. The van der Waals surface area contributed by atoms with Crippen LogP contribution in [0.5, 0.6) is 0 Å². The molecule has 0 spiro atoms. The minimum Gasteiger partial charge on any atom is -0.325 e. The van der Waals surface area contributed by atoms with E-state index in [1.165, 1.54) is 38.5 Å². The van der Waals surface area contributed by atoms with Crippen LogP contribution >= 0.6 is 0 Å². The molecule has 108 valence electrons. The zero-order chi connectivity index (χ0) is 13.9. The van der Waals surface area contributed by atoms with E-state index in [2.05, 4.69) is 33.8 Å². The summed E-state index contributed by atoms with van der Waals surface area (Å²) in [6.07, 6.45) is 11.8. The highest BCUT2D eigenvalue weighted by molar-refractivity contribution is 5.24. The highest BCUT2D eigenvalue weighted by Gasteiger charge is 2.53. The summed E-state index contributed by atoms with van der Waals surface area (Å²) >= 11 is 0. The van der Waals surface area contributed by atoms with Gasteiger partial charge < -0.3 is 5.73 Å². The van der Waals surface area contributed by atoms with E-state index >= 15 is 0 Å². The third-order valence-electron chi connectivity index (χ3n) is 6.75. The van der Waals surface area contributed by atoms with Crippen LogP contribution in [-0.4, -0.2) is 5.54 Å². The van der Waals surface area contributed by atoms with Crippen LogP contribution in [0.1, 0.15) is 72.6 Å². The van der Waals surface area contributed by atoms with Gasteiger partial charge in [0.2, 0.25) is 0 Å². The molecular weight excluding hydrogens is 230 g/mol. The first-order valence-corrected chi connectivity index (χ1v) is 8.22. The first-order valence-electron chi connectivity index (χ1n) is 8.22. The van der Waals surface area contributed by atoms with Crippen molar-refractivity contribution in [1.82, 2.24) is 0 Å². The molecule has 0 saturated heterocycles. The summed E-state index contributed by atoms with van der Waals surface area (Å²) in [5, 5.41) is 0. The molecule has 0 amide bonds. The molecule has 3 aliphatic carbocycles. The van der Waals surface area contributed by atoms with E-state index in [-0.39, 0.29) is 5.54 Å². The molecule has 0 aromatic carbocycles. The average Bonchev–Trinajstić information content (AvgIpc) is 2.25. The van der Waals surface area contributed by atoms with Crippen LogP contribution in [0.2, 0.25) is 0 Å². The summed E-state index contributed by atoms with van der Waals surface area (Å²) in [4.78, 5) is 0. The Morgan fingerprint density at radius 1 is 1.11 bits per heavy atom. The Bertz CT molecular complexity index is 404. The Morgan fingerprint density at radius 3 is 2.58 bits per heavy atom. The van der Waals surface area contributed by atoms with Gasteiger partial charge in [0.1, 0.15) is 0 Å². The van der Waals surface area contributed by atoms with Crippen LogP contribution in [0.25, 0.3) is 0 Å². The predicted octanol–water partition coefficient (Wildman–Crippen LogP) is 4.67. The molecule has 0 aliphatic heterocycles. The van der Waals surface area contributed by atoms with Crippen LogP contribution in [0.4, 0.5) is 0 Å². The van der Waals surface area contributed by atoms with Crippen LogP contribution in [0, 0.1) is 22.7 Å². The molecule has 0 heterocycles. The van der Waals surface area contributed by atoms with Crippen molar-refractivity contribution >= 4 is 0 Å². The zero-order valence-corrected chi connectivity index (χ0v) is 13.3. The topological polar surface area (TPSA) is 26.0 Å². The van der Waals surface area contributed by atoms with Gasteiger partial charge in [-0.3, -0.25) is 0 Å². The SMILES string of the molecule is CC1(C)CCC[C@]2(C)[C@H]3CC[C@](C)(N)CC3=CC[C@@H]12. The van der Waals surface area contributed by atoms with E-state index in [9.17, 15) is 0 Å². The van der Waals surface area contributed by atoms with Gasteiger partial charge in [-0.2, -0.15) is 0 Å². The first kappa shape index (κ1) is 13.7. The van der Waals surface area contributed by atoms with E-state index < -0.39 is 0 Å². The van der Waals surface area contributed by atoms with Gasteiger partial charge in [0.05, 0.1) is 0 Å². The number of hydrogen-bond donors (Lipinski definition) is 1. The third-order valence-corrected chi connectivity index (χ3v) is 6.75. The van der Waals surface area contributed by atoms with Gasteiger partial charge >= 0.3 is 0 Å². The fourth-order valence-electron chi connectivity index (χ4n) is 5.75. The Labute approximate surface area is 119 Å². The molecule has 0 aromatic heterocycles. The molecule has 0 aromatic rings. The van der Waals surface area contributed by atoms with Crippen LogP contribution in [0.15, 0.2) is 11.6 Å². The van der Waals surface area contributed by atoms with Gasteiger partial charge in [-0.25, -0.2) is 0 Å². The zero-order valence-electron chi connectivity index (χ0n) is 13.3. The van der Waals surface area contributed by atoms with E-state index in [1.807, 2.05) is 0 Å². The fraction of sp³-hybridized carbons (Fsp3) is 0.889. The lowest BCUT2D eigenvalue weighted by Gasteiger charge is -2.59. The minimum atomic E-state index is 0.0513. The minimum absolute atomic E-state index is 0.0513. The normalized spacial score (nSPS) is 49.0. The Morgan fingerprint density at radius 2 is 1.84 bits per heavy atom. The van der Waals surface area contributed by atoms with Gasteiger partial charge in [0, 0.05) is 5.54 Å². The molecule has 3 rings (SSSR count). The lowest BCUT2D eigenvalue weighted by molar-refractivity contribution is -0.0472. The number of fused-ring (bicyclic) bond motifs is 3. The van der Waals surface area contributed by atoms with E-state index in [0.29, 0.717) is 10.8 Å². The van der Waals surface area contributed by atoms with Gasteiger partial charge in [-0.1, -0.05) is 38.8 Å². The quantitative estimate of drug-likeness (QED) is 0.630. The monoisotopic (exact) mass is 261 g/mol. The molecule has 3 aliphatic rings. The maximum atomic E-state index is 6.41. The van der Waals surface area contributed by atoms with Crippen molar-refractivity contribution in [3.8, 4) is 0 Å². The van der Waals surface area contributed by atoms with Crippen molar-refractivity contribution in [2.45, 2.75) is 78.2 Å². The van der Waals surface area contributed by atoms with Gasteiger partial charge in [0.15, 0.2) is 0 Å². The van der Waals surface area contributed by atoms with E-state index in [4.69, 9.17) is 5.73 Å². The summed E-state index contributed by atoms with van der Waals surface area (Å²) in [6.45, 7) is 9.84. The first-order chi connectivity index (χ1) is 8.75. The number of rotatable bonds is 0. The van der Waals surface area contributed by atoms with Crippen molar-refractivity contribution in [3.05, 3.63) is 11.6 Å². The Hall–Kier alpha value is -0.300. The molecule has 0 radical (unpaired) electrons. The largest absolute Gasteiger partial charge is 0.325 e. The second kappa shape index (κ2) is 4.10. The maximum absolute atomic E-state index is 6.41. The van der Waals surface area contributed by atoms with Gasteiger partial charge in [-0.05, 0) is 68.1 Å². The van der Waals surface area contributed by atoms with Crippen molar-refractivity contribution in [2.75, 3.05) is 0 Å². The summed E-state index contributed by atoms with van der Waals surface area (Å²) < 4.78 is 0. The van der Waals surface area contributed by atoms with Crippen molar-refractivity contribution < 1.29 is 0 Å². The third kappa shape index (κ3) is 2.09. The van der Waals surface area contributed by atoms with Gasteiger partial charge in [-0.15, -0.1) is 0 Å². The summed E-state index contributed by atoms with van der Waals surface area (Å²) in [5.74, 6) is 1.70. The summed E-state index contributed by atoms with van der Waals surface area (Å²) in [7, 11) is 0. The lowest BCUT2D eigenvalue weighted by Crippen LogP contribution is -2.52. The van der Waals surface area contributed by atoms with Gasteiger partial charge in [0.25, 0.3) is 0 Å². The van der Waals surface area contributed by atoms with Crippen LogP contribution in [0.3, 0.4) is 0 Å². The maximum Gasteiger partial charge on any atom is 0.0163 e. The number of hydrogen-bond acceptors (Lipinski definition) is 1. The van der Waals surface area contributed by atoms with E-state index in [0.717, 1.165) is 18.3 Å². The second-order valence-corrected chi connectivity index (χ2v) is 8.84. The van der Waals surface area contributed by atoms with E-state index in [1.54, 1.807) is 5.57 Å². The van der Waals surface area contributed by atoms with Crippen LogP contribution in [-0.2, 0) is 0 Å². The van der Waals surface area contributed by atoms with Crippen molar-refractivity contribution in [1.29, 1.82) is 0 Å². The molecule has 1 heteroatoms. The highest BCUT2D eigenvalue weighted by Crippen LogP contribution is 2.62. The molecule has 4 atom stereocenters. The number of allylic oxidation sites excluding steroid dienone is 1. The fourth-order valence-corrected chi connectivity index (χ4v) is 5.75. The standard InChI is InChI=1S/C18H31N/c1-16(2)9-5-10-18(4)14-8-11-17(3,19)12-13(14)6-7-15(16)18/h6,14-15H,5,7-12,19H2,1-4H3/t14-,15-,17-,18+/m0/s1. The molecule has 19 heavy (non-hydrogen) atoms. The molecule has 2 fully saturated rings. The molecule has 2 N–H and O–H groups in total. The van der Waals surface area contributed by atoms with Crippen LogP contribution < -0.4 is 5.73 Å². The summed E-state index contributed by atoms with van der Waals surface area (Å²) in [5.41, 5.74) is 9.23. The lowest BCUT2D eigenvalue weighted by atomic mass is 9.46. The Kier molecular flexibility index (Phi) is 2.95. The molecule has 0 bridgehead atoms. The molecule has 1 nitrogen and oxygen atoms in total. The van der Waals surface area contributed by atoms with Crippen molar-refractivity contribution in [3.63, 3.8) is 0 Å². The highest BCUT2D eigenvalue weighted by atomic mass is 14.7. The smallest absolute Gasteiger partial charge is 0.0163 e. The average molecular weight is 261 g/mol. The van der Waals surface area contributed by atoms with Crippen molar-refractivity contribution in [2.24, 2.45) is 28.4 Å². The molecule has 2 saturated carbocycles. The second-order valence-electron chi connectivity index (χ2n) is 8.84. The predicted molar refractivity (Wildman–Crippen MR) is 81.9 cm³/mol. The Balaban J connectivity index is 1.95. The number of nitrogens with two attached hydrogens (primary N) is 1. The summed E-state index contributed by atoms with van der Waals surface area (Å²) in [6, 6.07) is 0. The molecule has 0 unspecified atom stereocenters.